The highest BCUT2D eigenvalue weighted by Gasteiger charge is 2.09. The van der Waals surface area contributed by atoms with E-state index in [1.807, 2.05) is 0 Å². The molecule has 1 nitrogen and oxygen atoms in total. The maximum absolute atomic E-state index is 11.5. The number of unbranched alkanes of at least 4 members (excludes halogenated alkanes) is 36. The smallest absolute Gasteiger partial charge is 0.129 e. The largest absolute Gasteiger partial charge is 0.300 e. The highest BCUT2D eigenvalue weighted by molar-refractivity contribution is 5.75. The Morgan fingerprint density at radius 3 is 0.839 bits per heavy atom. The Morgan fingerprint density at radius 1 is 0.321 bits per heavy atom. The second kappa shape index (κ2) is 48.8. The molecule has 0 aromatic carbocycles. The van der Waals surface area contributed by atoms with E-state index in [4.69, 9.17) is 0 Å². The van der Waals surface area contributed by atoms with E-state index >= 15 is 0 Å². The van der Waals surface area contributed by atoms with Crippen molar-refractivity contribution in [2.45, 2.75) is 329 Å². The van der Waals surface area contributed by atoms with Crippen LogP contribution in [-0.4, -0.2) is 5.78 Å². The molecule has 0 aliphatic carbocycles. The van der Waals surface area contributed by atoms with Crippen LogP contribution in [0.2, 0.25) is 0 Å². The second-order valence-electron chi connectivity index (χ2n) is 18.9. The first-order chi connectivity index (χ1) is 27.6. The van der Waals surface area contributed by atoms with Gasteiger partial charge in [-0.25, -0.2) is 0 Å². The second-order valence-corrected chi connectivity index (χ2v) is 18.9. The maximum atomic E-state index is 11.5. The van der Waals surface area contributed by atoms with Crippen molar-refractivity contribution >= 4 is 5.78 Å². The zero-order chi connectivity index (χ0) is 40.7. The van der Waals surface area contributed by atoms with Gasteiger partial charge in [-0.15, -0.1) is 0 Å². The lowest BCUT2D eigenvalue weighted by Gasteiger charge is -2.17. The van der Waals surface area contributed by atoms with Crippen LogP contribution >= 0.6 is 0 Å². The van der Waals surface area contributed by atoms with E-state index in [1.165, 1.54) is 283 Å². The molecule has 0 aliphatic rings. The van der Waals surface area contributed by atoms with Gasteiger partial charge in [0.05, 0.1) is 0 Å². The Balaban J connectivity index is 4.22. The molecule has 1 atom stereocenters. The van der Waals surface area contributed by atoms with Gasteiger partial charge >= 0.3 is 0 Å². The van der Waals surface area contributed by atoms with Gasteiger partial charge in [-0.3, -0.25) is 0 Å². The quantitative estimate of drug-likeness (QED) is 0.0444. The van der Waals surface area contributed by atoms with E-state index in [-0.39, 0.29) is 0 Å². The van der Waals surface area contributed by atoms with Gasteiger partial charge in [0, 0.05) is 6.42 Å². The van der Waals surface area contributed by atoms with E-state index in [2.05, 4.69) is 26.8 Å². The summed E-state index contributed by atoms with van der Waals surface area (Å²) in [6, 6.07) is 0. The van der Waals surface area contributed by atoms with Gasteiger partial charge < -0.3 is 4.79 Å². The summed E-state index contributed by atoms with van der Waals surface area (Å²) >= 11 is 0. The number of carbonyl (C=O) groups is 1. The van der Waals surface area contributed by atoms with Crippen LogP contribution in [-0.2, 0) is 4.79 Å². The molecule has 1 unspecified atom stereocenters. The van der Waals surface area contributed by atoms with E-state index in [0.717, 1.165) is 25.2 Å². The van der Waals surface area contributed by atoms with Crippen molar-refractivity contribution in [3.63, 3.8) is 0 Å². The third-order valence-corrected chi connectivity index (χ3v) is 13.1. The van der Waals surface area contributed by atoms with Crippen LogP contribution in [0.15, 0.2) is 11.6 Å². The fourth-order valence-corrected chi connectivity index (χ4v) is 9.12. The van der Waals surface area contributed by atoms with Crippen molar-refractivity contribution in [2.24, 2.45) is 5.92 Å². The predicted octanol–water partition coefficient (Wildman–Crippen LogP) is 20.5. The molecule has 0 N–H and O–H groups in total. The molecular formula is C55H108O. The van der Waals surface area contributed by atoms with Crippen molar-refractivity contribution in [2.75, 3.05) is 0 Å². The standard InChI is InChI=1S/C55H108O/c1-5-8-11-14-17-20-21-22-23-24-25-26-28-31-36-41-50-55(52-45-44-46-53(4)56)51-43-38-33-32-37-42-49-54(47-39-34-29-19-16-13-10-7-3)48-40-35-30-27-18-15-12-9-6-2/h52,54H,5-51H2,1-4H3/b55-52+. The van der Waals surface area contributed by atoms with Crippen molar-refractivity contribution < 1.29 is 4.79 Å². The molecule has 0 aromatic heterocycles. The molecule has 56 heavy (non-hydrogen) atoms. The Hall–Kier alpha value is -0.590. The molecule has 0 spiro atoms. The summed E-state index contributed by atoms with van der Waals surface area (Å²) in [5, 5.41) is 0. The van der Waals surface area contributed by atoms with Crippen molar-refractivity contribution in [1.82, 2.24) is 0 Å². The zero-order valence-electron chi connectivity index (χ0n) is 39.8. The number of allylic oxidation sites excluding steroid dienone is 2. The fraction of sp³-hybridized carbons (Fsp3) is 0.945. The van der Waals surface area contributed by atoms with Crippen molar-refractivity contribution in [3.8, 4) is 0 Å². The van der Waals surface area contributed by atoms with Gasteiger partial charge in [-0.2, -0.15) is 0 Å². The monoisotopic (exact) mass is 785 g/mol. The van der Waals surface area contributed by atoms with E-state index in [0.29, 0.717) is 5.78 Å². The van der Waals surface area contributed by atoms with Crippen LogP contribution in [0, 0.1) is 5.92 Å². The molecule has 0 fully saturated rings. The molecule has 0 amide bonds. The Kier molecular flexibility index (Phi) is 48.3. The van der Waals surface area contributed by atoms with Crippen molar-refractivity contribution in [1.29, 1.82) is 0 Å². The van der Waals surface area contributed by atoms with Gasteiger partial charge in [0.25, 0.3) is 0 Å². The van der Waals surface area contributed by atoms with Gasteiger partial charge in [-0.1, -0.05) is 289 Å². The van der Waals surface area contributed by atoms with Crippen LogP contribution < -0.4 is 0 Å². The van der Waals surface area contributed by atoms with Crippen LogP contribution in [0.1, 0.15) is 329 Å². The van der Waals surface area contributed by atoms with Crippen molar-refractivity contribution in [3.05, 3.63) is 11.6 Å². The number of rotatable bonds is 49. The number of Topliss-reactive ketones (excluding diaryl/α,β-unsaturated/α-hetero) is 1. The normalized spacial score (nSPS) is 12.5. The molecule has 0 bridgehead atoms. The van der Waals surface area contributed by atoms with Gasteiger partial charge in [0.2, 0.25) is 0 Å². The van der Waals surface area contributed by atoms with Crippen LogP contribution in [0.4, 0.5) is 0 Å². The highest BCUT2D eigenvalue weighted by atomic mass is 16.1. The lowest BCUT2D eigenvalue weighted by molar-refractivity contribution is -0.117. The minimum absolute atomic E-state index is 0.348. The number of hydrogen-bond acceptors (Lipinski definition) is 1. The van der Waals surface area contributed by atoms with E-state index in [9.17, 15) is 4.79 Å². The molecule has 0 saturated carbocycles. The Labute approximate surface area is 356 Å². The summed E-state index contributed by atoms with van der Waals surface area (Å²) < 4.78 is 0. The Bertz CT molecular complexity index is 765. The lowest BCUT2D eigenvalue weighted by Crippen LogP contribution is -2.01. The molecule has 0 aromatic rings. The predicted molar refractivity (Wildman–Crippen MR) is 256 cm³/mol. The van der Waals surface area contributed by atoms with E-state index < -0.39 is 0 Å². The van der Waals surface area contributed by atoms with Gasteiger partial charge in [0.15, 0.2) is 0 Å². The topological polar surface area (TPSA) is 17.1 Å². The summed E-state index contributed by atoms with van der Waals surface area (Å²) in [5.74, 6) is 1.35. The number of hydrogen-bond donors (Lipinski definition) is 0. The molecule has 0 radical (unpaired) electrons. The SMILES string of the molecule is CCCCCCCCCCCCCCCCCC/C(=C\CCCC(C)=O)CCCCCCCCC(CCCCCCCCCC)CCCCCCCCCCC. The number of carbonyl (C=O) groups excluding carboxylic acids is 1. The minimum atomic E-state index is 0.348. The first-order valence-electron chi connectivity index (χ1n) is 26.8. The summed E-state index contributed by atoms with van der Waals surface area (Å²) in [7, 11) is 0. The van der Waals surface area contributed by atoms with Crippen LogP contribution in [0.3, 0.4) is 0 Å². The van der Waals surface area contributed by atoms with Crippen LogP contribution in [0.5, 0.6) is 0 Å². The third kappa shape index (κ3) is 46.1. The third-order valence-electron chi connectivity index (χ3n) is 13.1. The number of ketones is 1. The average molecular weight is 785 g/mol. The molecule has 1 heteroatoms. The van der Waals surface area contributed by atoms with E-state index in [1.54, 1.807) is 12.5 Å². The molecule has 0 heterocycles. The minimum Gasteiger partial charge on any atom is -0.300 e. The molecule has 334 valence electrons. The summed E-state index contributed by atoms with van der Waals surface area (Å²) in [6.45, 7) is 8.71. The molecule has 0 saturated heterocycles. The lowest BCUT2D eigenvalue weighted by atomic mass is 9.89. The molecular weight excluding hydrogens is 677 g/mol. The average Bonchev–Trinajstić information content (AvgIpc) is 3.19. The Morgan fingerprint density at radius 2 is 0.571 bits per heavy atom. The van der Waals surface area contributed by atoms with Crippen LogP contribution in [0.25, 0.3) is 0 Å². The maximum Gasteiger partial charge on any atom is 0.129 e. The first-order valence-corrected chi connectivity index (χ1v) is 26.8. The first kappa shape index (κ1) is 55.4. The zero-order valence-corrected chi connectivity index (χ0v) is 39.8. The molecule has 0 rings (SSSR count). The summed E-state index contributed by atoms with van der Waals surface area (Å²) in [4.78, 5) is 11.5. The van der Waals surface area contributed by atoms with Gasteiger partial charge in [0.1, 0.15) is 5.78 Å². The van der Waals surface area contributed by atoms with Gasteiger partial charge in [-0.05, 0) is 51.4 Å². The fourth-order valence-electron chi connectivity index (χ4n) is 9.12. The summed E-state index contributed by atoms with van der Waals surface area (Å²) in [6.07, 6.45) is 68.9. The molecule has 0 aliphatic heterocycles. The summed E-state index contributed by atoms with van der Waals surface area (Å²) in [5.41, 5.74) is 1.71. The highest BCUT2D eigenvalue weighted by Crippen LogP contribution is 2.26.